The fourth-order valence-electron chi connectivity index (χ4n) is 2.47. The van der Waals surface area contributed by atoms with Crippen LogP contribution in [0.3, 0.4) is 0 Å². The number of aromatic nitrogens is 3. The van der Waals surface area contributed by atoms with Crippen molar-refractivity contribution in [3.63, 3.8) is 0 Å². The predicted octanol–water partition coefficient (Wildman–Crippen LogP) is 0.458. The number of carbonyl (C=O) groups is 1. The predicted molar refractivity (Wildman–Crippen MR) is 86.6 cm³/mol. The smallest absolute Gasteiger partial charge is 0.273 e. The Morgan fingerprint density at radius 1 is 1.13 bits per heavy atom. The van der Waals surface area contributed by atoms with Crippen LogP contribution in [0.25, 0.3) is 10.8 Å². The van der Waals surface area contributed by atoms with Gasteiger partial charge in [-0.2, -0.15) is 0 Å². The number of amides is 1. The van der Waals surface area contributed by atoms with Crippen LogP contribution in [0, 0.1) is 0 Å². The SMILES string of the molecule is Cn1cccc1C(=O)NCCn1[nH]c(=O)c2ccccc2c1=O. The number of benzene rings is 1. The summed E-state index contributed by atoms with van der Waals surface area (Å²) in [6.07, 6.45) is 1.78. The summed E-state index contributed by atoms with van der Waals surface area (Å²) in [7, 11) is 1.78. The molecule has 0 saturated carbocycles. The Morgan fingerprint density at radius 2 is 1.87 bits per heavy atom. The van der Waals surface area contributed by atoms with Gasteiger partial charge in [-0.25, -0.2) is 4.68 Å². The Bertz CT molecular complexity index is 981. The molecule has 0 bridgehead atoms. The van der Waals surface area contributed by atoms with Crippen molar-refractivity contribution in [2.45, 2.75) is 6.54 Å². The molecule has 2 heterocycles. The molecule has 0 saturated heterocycles. The molecular formula is C16H16N4O3. The van der Waals surface area contributed by atoms with Crippen LogP contribution < -0.4 is 16.4 Å². The number of nitrogens with zero attached hydrogens (tertiary/aromatic N) is 2. The molecule has 7 heteroatoms. The highest BCUT2D eigenvalue weighted by atomic mass is 16.2. The molecule has 2 N–H and O–H groups in total. The van der Waals surface area contributed by atoms with E-state index in [2.05, 4.69) is 10.4 Å². The first-order valence-electron chi connectivity index (χ1n) is 7.19. The maximum Gasteiger partial charge on any atom is 0.273 e. The molecular weight excluding hydrogens is 296 g/mol. The third kappa shape index (κ3) is 2.80. The fraction of sp³-hybridized carbons (Fsp3) is 0.188. The molecule has 7 nitrogen and oxygen atoms in total. The van der Waals surface area contributed by atoms with Crippen LogP contribution in [0.5, 0.6) is 0 Å². The fourth-order valence-corrected chi connectivity index (χ4v) is 2.47. The molecule has 0 spiro atoms. The minimum Gasteiger partial charge on any atom is -0.349 e. The van der Waals surface area contributed by atoms with Gasteiger partial charge >= 0.3 is 0 Å². The van der Waals surface area contributed by atoms with E-state index in [1.54, 1.807) is 54.2 Å². The lowest BCUT2D eigenvalue weighted by atomic mass is 10.2. The number of hydrogen-bond acceptors (Lipinski definition) is 3. The lowest BCUT2D eigenvalue weighted by Crippen LogP contribution is -2.35. The molecule has 1 amide bonds. The van der Waals surface area contributed by atoms with E-state index < -0.39 is 0 Å². The van der Waals surface area contributed by atoms with Crippen molar-refractivity contribution in [3.05, 3.63) is 69.0 Å². The van der Waals surface area contributed by atoms with E-state index in [1.807, 2.05) is 0 Å². The van der Waals surface area contributed by atoms with Crippen LogP contribution in [-0.2, 0) is 13.6 Å². The van der Waals surface area contributed by atoms with Crippen LogP contribution in [0.1, 0.15) is 10.5 Å². The Labute approximate surface area is 131 Å². The van der Waals surface area contributed by atoms with Crippen molar-refractivity contribution < 1.29 is 4.79 Å². The van der Waals surface area contributed by atoms with Crippen molar-refractivity contribution >= 4 is 16.7 Å². The highest BCUT2D eigenvalue weighted by molar-refractivity contribution is 5.92. The second-order valence-corrected chi connectivity index (χ2v) is 5.20. The second kappa shape index (κ2) is 5.96. The first kappa shape index (κ1) is 14.8. The molecule has 3 aromatic rings. The molecule has 0 radical (unpaired) electrons. The molecule has 118 valence electrons. The Morgan fingerprint density at radius 3 is 2.57 bits per heavy atom. The Kier molecular flexibility index (Phi) is 3.84. The highest BCUT2D eigenvalue weighted by Gasteiger charge is 2.09. The van der Waals surface area contributed by atoms with Crippen molar-refractivity contribution in [2.75, 3.05) is 6.54 Å². The summed E-state index contributed by atoms with van der Waals surface area (Å²) in [5.74, 6) is -0.228. The van der Waals surface area contributed by atoms with Gasteiger partial charge in [-0.05, 0) is 24.3 Å². The van der Waals surface area contributed by atoms with Gasteiger partial charge in [0.25, 0.3) is 17.0 Å². The van der Waals surface area contributed by atoms with Crippen LogP contribution >= 0.6 is 0 Å². The van der Waals surface area contributed by atoms with E-state index in [1.165, 1.54) is 4.68 Å². The second-order valence-electron chi connectivity index (χ2n) is 5.20. The summed E-state index contributed by atoms with van der Waals surface area (Å²) in [6.45, 7) is 0.424. The Balaban J connectivity index is 1.77. The molecule has 0 atom stereocenters. The van der Waals surface area contributed by atoms with Crippen molar-refractivity contribution in [3.8, 4) is 0 Å². The summed E-state index contributed by atoms with van der Waals surface area (Å²) < 4.78 is 2.93. The average molecular weight is 312 g/mol. The summed E-state index contributed by atoms with van der Waals surface area (Å²) in [5, 5.41) is 5.99. The van der Waals surface area contributed by atoms with E-state index in [0.29, 0.717) is 16.5 Å². The lowest BCUT2D eigenvalue weighted by molar-refractivity contribution is 0.0943. The summed E-state index contributed by atoms with van der Waals surface area (Å²) in [5.41, 5.74) is -0.0772. The summed E-state index contributed by atoms with van der Waals surface area (Å²) >= 11 is 0. The number of rotatable bonds is 4. The van der Waals surface area contributed by atoms with Crippen molar-refractivity contribution in [1.82, 2.24) is 19.7 Å². The molecule has 23 heavy (non-hydrogen) atoms. The quantitative estimate of drug-likeness (QED) is 0.733. The zero-order valence-electron chi connectivity index (χ0n) is 12.6. The molecule has 0 aliphatic rings. The van der Waals surface area contributed by atoms with Gasteiger partial charge in [-0.3, -0.25) is 19.5 Å². The highest BCUT2D eigenvalue weighted by Crippen LogP contribution is 2.02. The normalized spacial score (nSPS) is 10.8. The number of carbonyl (C=O) groups excluding carboxylic acids is 1. The third-order valence-electron chi connectivity index (χ3n) is 3.68. The van der Waals surface area contributed by atoms with Gasteiger partial charge in [0.2, 0.25) is 0 Å². The zero-order valence-corrected chi connectivity index (χ0v) is 12.6. The molecule has 0 aliphatic heterocycles. The van der Waals surface area contributed by atoms with Gasteiger partial charge in [0.05, 0.1) is 17.3 Å². The maximum absolute atomic E-state index is 12.3. The largest absolute Gasteiger partial charge is 0.349 e. The molecule has 0 unspecified atom stereocenters. The monoisotopic (exact) mass is 312 g/mol. The first-order valence-corrected chi connectivity index (χ1v) is 7.19. The van der Waals surface area contributed by atoms with Crippen LogP contribution in [-0.4, -0.2) is 26.8 Å². The number of H-pyrrole nitrogens is 1. The van der Waals surface area contributed by atoms with Gasteiger partial charge in [0, 0.05) is 19.8 Å². The molecule has 2 aromatic heterocycles. The van der Waals surface area contributed by atoms with E-state index in [4.69, 9.17) is 0 Å². The van der Waals surface area contributed by atoms with Gasteiger partial charge in [0.1, 0.15) is 5.69 Å². The van der Waals surface area contributed by atoms with Gasteiger partial charge in [0.15, 0.2) is 0 Å². The van der Waals surface area contributed by atoms with Crippen LogP contribution in [0.15, 0.2) is 52.2 Å². The average Bonchev–Trinajstić information content (AvgIpc) is 2.98. The number of hydrogen-bond donors (Lipinski definition) is 2. The standard InChI is InChI=1S/C16H16N4O3/c1-19-9-4-7-13(19)15(22)17-8-10-20-16(23)12-6-3-2-5-11(12)14(21)18-20/h2-7,9H,8,10H2,1H3,(H,17,22)(H,18,21). The van der Waals surface area contributed by atoms with E-state index in [0.717, 1.165) is 0 Å². The number of aromatic amines is 1. The number of aryl methyl sites for hydroxylation is 1. The van der Waals surface area contributed by atoms with Gasteiger partial charge in [-0.15, -0.1) is 0 Å². The summed E-state index contributed by atoms with van der Waals surface area (Å²) in [4.78, 5) is 36.3. The van der Waals surface area contributed by atoms with Gasteiger partial charge < -0.3 is 9.88 Å². The molecule has 1 aromatic carbocycles. The van der Waals surface area contributed by atoms with Crippen LogP contribution in [0.2, 0.25) is 0 Å². The van der Waals surface area contributed by atoms with E-state index in [9.17, 15) is 14.4 Å². The summed E-state index contributed by atoms with van der Waals surface area (Å²) in [6, 6.07) is 10.1. The maximum atomic E-state index is 12.3. The van der Waals surface area contributed by atoms with E-state index >= 15 is 0 Å². The first-order chi connectivity index (χ1) is 11.1. The number of nitrogens with one attached hydrogen (secondary N) is 2. The minimum atomic E-state index is -0.325. The van der Waals surface area contributed by atoms with E-state index in [-0.39, 0.29) is 30.1 Å². The zero-order chi connectivity index (χ0) is 16.4. The van der Waals surface area contributed by atoms with Crippen molar-refractivity contribution in [1.29, 1.82) is 0 Å². The van der Waals surface area contributed by atoms with Gasteiger partial charge in [-0.1, -0.05) is 12.1 Å². The molecule has 3 rings (SSSR count). The minimum absolute atomic E-state index is 0.190. The molecule has 0 aliphatic carbocycles. The lowest BCUT2D eigenvalue weighted by Gasteiger charge is -2.09. The van der Waals surface area contributed by atoms with Crippen molar-refractivity contribution in [2.24, 2.45) is 7.05 Å². The topological polar surface area (TPSA) is 88.9 Å². The number of fused-ring (bicyclic) bond motifs is 1. The molecule has 0 fully saturated rings. The van der Waals surface area contributed by atoms with Crippen LogP contribution in [0.4, 0.5) is 0 Å². The Hall–Kier alpha value is -3.09. The third-order valence-corrected chi connectivity index (χ3v) is 3.68.